The lowest BCUT2D eigenvalue weighted by Gasteiger charge is -2.14. The molecule has 0 bridgehead atoms. The monoisotopic (exact) mass is 370 g/mol. The van der Waals surface area contributed by atoms with E-state index in [0.29, 0.717) is 26.0 Å². The molecule has 5 nitrogen and oxygen atoms in total. The van der Waals surface area contributed by atoms with Crippen LogP contribution in [-0.4, -0.2) is 27.4 Å². The molecule has 0 radical (unpaired) electrons. The zero-order valence-corrected chi connectivity index (χ0v) is 14.1. The van der Waals surface area contributed by atoms with Crippen LogP contribution in [0.1, 0.15) is 0 Å². The number of ether oxygens (including phenoxy) is 1. The van der Waals surface area contributed by atoms with Crippen LogP contribution in [-0.2, 0) is 6.54 Å². The van der Waals surface area contributed by atoms with Crippen LogP contribution in [0.3, 0.4) is 0 Å². The lowest BCUT2D eigenvalue weighted by molar-refractivity contribution is 0.0915. The second kappa shape index (κ2) is 6.88. The first-order valence-corrected chi connectivity index (χ1v) is 8.36. The van der Waals surface area contributed by atoms with Crippen molar-refractivity contribution in [1.82, 2.24) is 9.55 Å². The van der Waals surface area contributed by atoms with E-state index in [2.05, 4.69) is 4.98 Å². The Hall–Kier alpha value is -1.60. The first-order chi connectivity index (χ1) is 11.0. The van der Waals surface area contributed by atoms with Crippen LogP contribution in [0.2, 0.25) is 10.0 Å². The van der Waals surface area contributed by atoms with Gasteiger partial charge in [0.15, 0.2) is 0 Å². The Kier molecular flexibility index (Phi) is 4.87. The minimum absolute atomic E-state index is 0.00450. The molecule has 3 aromatic rings. The largest absolute Gasteiger partial charge is 0.489 e. The van der Waals surface area contributed by atoms with Crippen LogP contribution in [0.4, 0.5) is 0 Å². The van der Waals surface area contributed by atoms with Gasteiger partial charge >= 0.3 is 0 Å². The normalized spacial score (nSPS) is 12.5. The number of rotatable bonds is 5. The zero-order chi connectivity index (χ0) is 16.4. The van der Waals surface area contributed by atoms with Crippen LogP contribution in [0.5, 0.6) is 5.75 Å². The van der Waals surface area contributed by atoms with Crippen LogP contribution >= 0.6 is 34.5 Å². The summed E-state index contributed by atoms with van der Waals surface area (Å²) >= 11 is 13.2. The van der Waals surface area contributed by atoms with E-state index in [-0.39, 0.29) is 18.7 Å². The van der Waals surface area contributed by atoms with Crippen LogP contribution in [0.15, 0.2) is 40.8 Å². The highest BCUT2D eigenvalue weighted by atomic mass is 35.5. The van der Waals surface area contributed by atoms with Gasteiger partial charge in [-0.2, -0.15) is 0 Å². The van der Waals surface area contributed by atoms with Crippen LogP contribution < -0.4 is 10.3 Å². The number of fused-ring (bicyclic) bond motifs is 1. The molecule has 2 heterocycles. The third-order valence-corrected chi connectivity index (χ3v) is 4.53. The van der Waals surface area contributed by atoms with E-state index in [1.54, 1.807) is 24.3 Å². The van der Waals surface area contributed by atoms with Gasteiger partial charge in [0, 0.05) is 5.02 Å². The zero-order valence-electron chi connectivity index (χ0n) is 11.8. The molecule has 3 rings (SSSR count). The van der Waals surface area contributed by atoms with Gasteiger partial charge in [0.2, 0.25) is 0 Å². The Bertz CT molecular complexity index is 894. The molecule has 8 heteroatoms. The molecule has 120 valence electrons. The predicted molar refractivity (Wildman–Crippen MR) is 91.8 cm³/mol. The number of aliphatic hydroxyl groups is 1. The minimum atomic E-state index is -0.877. The molecule has 0 saturated heterocycles. The summed E-state index contributed by atoms with van der Waals surface area (Å²) in [5, 5.41) is 13.3. The molecule has 0 unspecified atom stereocenters. The van der Waals surface area contributed by atoms with Crippen molar-refractivity contribution in [2.75, 3.05) is 6.61 Å². The van der Waals surface area contributed by atoms with Gasteiger partial charge in [-0.05, 0) is 29.6 Å². The maximum absolute atomic E-state index is 12.2. The molecular formula is C15H12Cl2N2O3S. The van der Waals surface area contributed by atoms with Crippen LogP contribution in [0.25, 0.3) is 10.2 Å². The molecular weight excluding hydrogens is 359 g/mol. The average Bonchev–Trinajstić information content (AvgIpc) is 2.98. The van der Waals surface area contributed by atoms with Crippen molar-refractivity contribution in [2.45, 2.75) is 12.6 Å². The highest BCUT2D eigenvalue weighted by Gasteiger charge is 2.12. The second-order valence-electron chi connectivity index (χ2n) is 4.88. The summed E-state index contributed by atoms with van der Waals surface area (Å²) in [5.41, 5.74) is -0.181. The number of aromatic nitrogens is 2. The third-order valence-electron chi connectivity index (χ3n) is 3.18. The van der Waals surface area contributed by atoms with E-state index < -0.39 is 6.10 Å². The molecule has 1 N–H and O–H groups in total. The Morgan fingerprint density at radius 1 is 1.35 bits per heavy atom. The maximum atomic E-state index is 12.2. The van der Waals surface area contributed by atoms with Crippen molar-refractivity contribution in [3.05, 3.63) is 56.4 Å². The number of thiophene rings is 1. The SMILES string of the molecule is O=c1c2ccsc2ncn1C[C@@H](O)COc1ccc(Cl)cc1Cl. The van der Waals surface area contributed by atoms with Gasteiger partial charge in [0.1, 0.15) is 23.3 Å². The van der Waals surface area contributed by atoms with Crippen molar-refractivity contribution >= 4 is 44.8 Å². The Balaban J connectivity index is 1.67. The summed E-state index contributed by atoms with van der Waals surface area (Å²) in [4.78, 5) is 17.1. The quantitative estimate of drug-likeness (QED) is 0.748. The van der Waals surface area contributed by atoms with Gasteiger partial charge < -0.3 is 9.84 Å². The van der Waals surface area contributed by atoms with Crippen molar-refractivity contribution in [1.29, 1.82) is 0 Å². The predicted octanol–water partition coefficient (Wildman–Crippen LogP) is 3.20. The second-order valence-corrected chi connectivity index (χ2v) is 6.62. The summed E-state index contributed by atoms with van der Waals surface area (Å²) in [7, 11) is 0. The molecule has 0 saturated carbocycles. The van der Waals surface area contributed by atoms with Crippen molar-refractivity contribution in [2.24, 2.45) is 0 Å². The lowest BCUT2D eigenvalue weighted by atomic mass is 10.3. The van der Waals surface area contributed by atoms with E-state index in [4.69, 9.17) is 27.9 Å². The fourth-order valence-electron chi connectivity index (χ4n) is 2.08. The summed E-state index contributed by atoms with van der Waals surface area (Å²) in [6.45, 7) is 0.0816. The van der Waals surface area contributed by atoms with Gasteiger partial charge in [-0.25, -0.2) is 4.98 Å². The molecule has 0 aliphatic rings. The highest BCUT2D eigenvalue weighted by molar-refractivity contribution is 7.16. The summed E-state index contributed by atoms with van der Waals surface area (Å²) < 4.78 is 6.83. The Morgan fingerprint density at radius 3 is 2.96 bits per heavy atom. The topological polar surface area (TPSA) is 64.4 Å². The average molecular weight is 371 g/mol. The summed E-state index contributed by atoms with van der Waals surface area (Å²) in [6.07, 6.45) is 0.553. The number of hydrogen-bond acceptors (Lipinski definition) is 5. The summed E-state index contributed by atoms with van der Waals surface area (Å²) in [5.74, 6) is 0.425. The van der Waals surface area contributed by atoms with E-state index in [9.17, 15) is 9.90 Å². The molecule has 0 fully saturated rings. The van der Waals surface area contributed by atoms with Gasteiger partial charge in [-0.15, -0.1) is 11.3 Å². The molecule has 0 aliphatic heterocycles. The Labute approximate surface area is 145 Å². The highest BCUT2D eigenvalue weighted by Crippen LogP contribution is 2.27. The molecule has 0 aliphatic carbocycles. The summed E-state index contributed by atoms with van der Waals surface area (Å²) in [6, 6.07) is 6.56. The van der Waals surface area contributed by atoms with E-state index in [1.165, 1.54) is 22.2 Å². The maximum Gasteiger partial charge on any atom is 0.262 e. The number of hydrogen-bond donors (Lipinski definition) is 1. The fraction of sp³-hybridized carbons (Fsp3) is 0.200. The van der Waals surface area contributed by atoms with Crippen molar-refractivity contribution in [3.63, 3.8) is 0 Å². The lowest BCUT2D eigenvalue weighted by Crippen LogP contribution is -2.30. The smallest absolute Gasteiger partial charge is 0.262 e. The fourth-order valence-corrected chi connectivity index (χ4v) is 3.27. The molecule has 0 amide bonds. The van der Waals surface area contributed by atoms with Gasteiger partial charge in [0.05, 0.1) is 23.3 Å². The van der Waals surface area contributed by atoms with Crippen LogP contribution in [0, 0.1) is 0 Å². The number of benzene rings is 1. The van der Waals surface area contributed by atoms with E-state index in [0.717, 1.165) is 0 Å². The Morgan fingerprint density at radius 2 is 2.17 bits per heavy atom. The van der Waals surface area contributed by atoms with Gasteiger partial charge in [-0.3, -0.25) is 9.36 Å². The van der Waals surface area contributed by atoms with Crippen molar-refractivity contribution < 1.29 is 9.84 Å². The van der Waals surface area contributed by atoms with E-state index in [1.807, 2.05) is 5.38 Å². The molecule has 1 atom stereocenters. The standard InChI is InChI=1S/C15H12Cl2N2O3S/c16-9-1-2-13(12(17)5-9)22-7-10(20)6-19-8-18-14-11(15(19)21)3-4-23-14/h1-5,8,10,20H,6-7H2/t10-/m1/s1. The van der Waals surface area contributed by atoms with Gasteiger partial charge in [0.25, 0.3) is 5.56 Å². The van der Waals surface area contributed by atoms with E-state index >= 15 is 0 Å². The molecule has 23 heavy (non-hydrogen) atoms. The van der Waals surface area contributed by atoms with Gasteiger partial charge in [-0.1, -0.05) is 23.2 Å². The number of nitrogens with zero attached hydrogens (tertiary/aromatic N) is 2. The molecule has 2 aromatic heterocycles. The first kappa shape index (κ1) is 16.3. The first-order valence-electron chi connectivity index (χ1n) is 6.73. The molecule has 0 spiro atoms. The minimum Gasteiger partial charge on any atom is -0.489 e. The number of aliphatic hydroxyl groups excluding tert-OH is 1. The third kappa shape index (κ3) is 3.67. The van der Waals surface area contributed by atoms with Crippen molar-refractivity contribution in [3.8, 4) is 5.75 Å². The molecule has 1 aromatic carbocycles. The number of halogens is 2.